The molecule has 0 bridgehead atoms. The van der Waals surface area contributed by atoms with Gasteiger partial charge in [-0.2, -0.15) is 0 Å². The maximum Gasteiger partial charge on any atom is 0.0467 e. The largest absolute Gasteiger partial charge is 0.385 e. The first-order valence-electron chi connectivity index (χ1n) is 5.54. The Morgan fingerprint density at radius 1 is 1.43 bits per heavy atom. The lowest BCUT2D eigenvalue weighted by atomic mass is 9.89. The lowest BCUT2D eigenvalue weighted by Crippen LogP contribution is -2.48. The van der Waals surface area contributed by atoms with Crippen LogP contribution in [0.4, 0.5) is 0 Å². The van der Waals surface area contributed by atoms with Crippen LogP contribution in [0.3, 0.4) is 0 Å². The maximum atomic E-state index is 5.10. The number of hydrogen-bond donors (Lipinski definition) is 2. The molecule has 0 atom stereocenters. The number of rotatable bonds is 7. The third-order valence-electron chi connectivity index (χ3n) is 2.89. The van der Waals surface area contributed by atoms with E-state index in [0.717, 1.165) is 32.0 Å². The Morgan fingerprint density at radius 3 is 2.64 bits per heavy atom. The van der Waals surface area contributed by atoms with E-state index >= 15 is 0 Å². The monoisotopic (exact) mass is 200 g/mol. The van der Waals surface area contributed by atoms with Crippen LogP contribution in [0.5, 0.6) is 0 Å². The smallest absolute Gasteiger partial charge is 0.0467 e. The van der Waals surface area contributed by atoms with Crippen LogP contribution < -0.4 is 10.6 Å². The van der Waals surface area contributed by atoms with Gasteiger partial charge in [0.05, 0.1) is 0 Å². The molecule has 0 aromatic carbocycles. The number of ether oxygens (including phenoxy) is 1. The van der Waals surface area contributed by atoms with Gasteiger partial charge in [0.2, 0.25) is 0 Å². The molecule has 0 radical (unpaired) electrons. The first-order chi connectivity index (χ1) is 6.64. The van der Waals surface area contributed by atoms with Gasteiger partial charge in [0.15, 0.2) is 0 Å². The molecule has 0 saturated carbocycles. The quantitative estimate of drug-likeness (QED) is 0.639. The third kappa shape index (κ3) is 4.40. The molecule has 1 rings (SSSR count). The van der Waals surface area contributed by atoms with Crippen molar-refractivity contribution in [1.29, 1.82) is 0 Å². The van der Waals surface area contributed by atoms with E-state index in [-0.39, 0.29) is 0 Å². The van der Waals surface area contributed by atoms with E-state index in [0.29, 0.717) is 5.41 Å². The SMILES string of the molecule is COCCC(C)(C)CNCC1CNC1. The molecule has 0 aromatic heterocycles. The van der Waals surface area contributed by atoms with Crippen molar-refractivity contribution in [3.63, 3.8) is 0 Å². The Morgan fingerprint density at radius 2 is 2.14 bits per heavy atom. The molecule has 1 fully saturated rings. The molecule has 0 amide bonds. The van der Waals surface area contributed by atoms with Crippen molar-refractivity contribution in [3.8, 4) is 0 Å². The predicted molar refractivity (Wildman–Crippen MR) is 59.5 cm³/mol. The Labute approximate surface area is 87.6 Å². The molecule has 2 N–H and O–H groups in total. The second-order valence-electron chi connectivity index (χ2n) is 5.06. The van der Waals surface area contributed by atoms with Gasteiger partial charge in [-0.25, -0.2) is 0 Å². The van der Waals surface area contributed by atoms with Crippen molar-refractivity contribution < 1.29 is 4.74 Å². The molecular formula is C11H24N2O. The summed E-state index contributed by atoms with van der Waals surface area (Å²) in [4.78, 5) is 0. The van der Waals surface area contributed by atoms with E-state index in [9.17, 15) is 0 Å². The topological polar surface area (TPSA) is 33.3 Å². The summed E-state index contributed by atoms with van der Waals surface area (Å²) in [5.74, 6) is 0.855. The Hall–Kier alpha value is -0.120. The molecule has 3 heteroatoms. The zero-order chi connectivity index (χ0) is 10.4. The fourth-order valence-electron chi connectivity index (χ4n) is 1.57. The van der Waals surface area contributed by atoms with Gasteiger partial charge in [0.1, 0.15) is 0 Å². The standard InChI is InChI=1S/C11H24N2O/c1-11(2,4-5-14-3)9-13-8-10-6-12-7-10/h10,12-13H,4-9H2,1-3H3. The summed E-state index contributed by atoms with van der Waals surface area (Å²) in [5, 5.41) is 6.82. The minimum atomic E-state index is 0.354. The predicted octanol–water partition coefficient (Wildman–Crippen LogP) is 0.858. The van der Waals surface area contributed by atoms with Crippen LogP contribution in [0, 0.1) is 11.3 Å². The van der Waals surface area contributed by atoms with E-state index < -0.39 is 0 Å². The molecule has 3 nitrogen and oxygen atoms in total. The van der Waals surface area contributed by atoms with Crippen LogP contribution in [0.15, 0.2) is 0 Å². The third-order valence-corrected chi connectivity index (χ3v) is 2.89. The summed E-state index contributed by atoms with van der Waals surface area (Å²) in [6.45, 7) is 10.1. The zero-order valence-electron chi connectivity index (χ0n) is 9.73. The highest BCUT2D eigenvalue weighted by molar-refractivity contribution is 4.78. The summed E-state index contributed by atoms with van der Waals surface area (Å²) in [5.41, 5.74) is 0.354. The minimum Gasteiger partial charge on any atom is -0.385 e. The summed E-state index contributed by atoms with van der Waals surface area (Å²) in [6, 6.07) is 0. The van der Waals surface area contributed by atoms with E-state index in [1.165, 1.54) is 13.1 Å². The normalized spacial score (nSPS) is 18.2. The summed E-state index contributed by atoms with van der Waals surface area (Å²) in [7, 11) is 1.77. The summed E-state index contributed by atoms with van der Waals surface area (Å²) in [6.07, 6.45) is 1.12. The van der Waals surface area contributed by atoms with Crippen molar-refractivity contribution >= 4 is 0 Å². The lowest BCUT2D eigenvalue weighted by molar-refractivity contribution is 0.149. The molecule has 0 spiro atoms. The average molecular weight is 200 g/mol. The first-order valence-corrected chi connectivity index (χ1v) is 5.54. The van der Waals surface area contributed by atoms with Crippen LogP contribution in [0.2, 0.25) is 0 Å². The highest BCUT2D eigenvalue weighted by Crippen LogP contribution is 2.18. The number of nitrogens with one attached hydrogen (secondary N) is 2. The maximum absolute atomic E-state index is 5.10. The van der Waals surface area contributed by atoms with E-state index in [4.69, 9.17) is 4.74 Å². The van der Waals surface area contributed by atoms with Crippen molar-refractivity contribution in [2.24, 2.45) is 11.3 Å². The molecule has 14 heavy (non-hydrogen) atoms. The first kappa shape index (κ1) is 12.0. The molecular weight excluding hydrogens is 176 g/mol. The Balaban J connectivity index is 2.02. The molecule has 1 heterocycles. The molecule has 1 aliphatic rings. The van der Waals surface area contributed by atoms with Gasteiger partial charge < -0.3 is 15.4 Å². The van der Waals surface area contributed by atoms with E-state index in [1.54, 1.807) is 7.11 Å². The van der Waals surface area contributed by atoms with Gasteiger partial charge in [-0.3, -0.25) is 0 Å². The summed E-state index contributed by atoms with van der Waals surface area (Å²) < 4.78 is 5.10. The second-order valence-corrected chi connectivity index (χ2v) is 5.06. The average Bonchev–Trinajstić information content (AvgIpc) is 2.06. The van der Waals surface area contributed by atoms with Crippen LogP contribution >= 0.6 is 0 Å². The molecule has 1 aliphatic heterocycles. The number of methoxy groups -OCH3 is 1. The van der Waals surface area contributed by atoms with Gasteiger partial charge in [0.25, 0.3) is 0 Å². The van der Waals surface area contributed by atoms with Gasteiger partial charge >= 0.3 is 0 Å². The van der Waals surface area contributed by atoms with Gasteiger partial charge in [-0.1, -0.05) is 13.8 Å². The van der Waals surface area contributed by atoms with Crippen LogP contribution in [0.25, 0.3) is 0 Å². The van der Waals surface area contributed by atoms with Gasteiger partial charge in [-0.15, -0.1) is 0 Å². The molecule has 84 valence electrons. The van der Waals surface area contributed by atoms with Gasteiger partial charge in [-0.05, 0) is 17.8 Å². The fourth-order valence-corrected chi connectivity index (χ4v) is 1.57. The molecule has 1 saturated heterocycles. The lowest BCUT2D eigenvalue weighted by Gasteiger charge is -2.30. The zero-order valence-corrected chi connectivity index (χ0v) is 9.73. The van der Waals surface area contributed by atoms with Gasteiger partial charge in [0, 0.05) is 39.9 Å². The van der Waals surface area contributed by atoms with Crippen LogP contribution in [-0.4, -0.2) is 39.9 Å². The van der Waals surface area contributed by atoms with Crippen molar-refractivity contribution in [3.05, 3.63) is 0 Å². The summed E-state index contributed by atoms with van der Waals surface area (Å²) >= 11 is 0. The van der Waals surface area contributed by atoms with Crippen molar-refractivity contribution in [2.45, 2.75) is 20.3 Å². The molecule has 0 aromatic rings. The van der Waals surface area contributed by atoms with Crippen LogP contribution in [0.1, 0.15) is 20.3 Å². The highest BCUT2D eigenvalue weighted by atomic mass is 16.5. The Kier molecular flexibility index (Phi) is 4.85. The van der Waals surface area contributed by atoms with Crippen molar-refractivity contribution in [1.82, 2.24) is 10.6 Å². The van der Waals surface area contributed by atoms with Crippen LogP contribution in [-0.2, 0) is 4.74 Å². The fraction of sp³-hybridized carbons (Fsp3) is 1.00. The highest BCUT2D eigenvalue weighted by Gasteiger charge is 2.20. The van der Waals surface area contributed by atoms with E-state index in [2.05, 4.69) is 24.5 Å². The van der Waals surface area contributed by atoms with Crippen molar-refractivity contribution in [2.75, 3.05) is 39.9 Å². The Bertz CT molecular complexity index is 155. The van der Waals surface area contributed by atoms with E-state index in [1.807, 2.05) is 0 Å². The molecule has 0 aliphatic carbocycles. The molecule has 0 unspecified atom stereocenters. The second kappa shape index (κ2) is 5.69. The minimum absolute atomic E-state index is 0.354. The number of hydrogen-bond acceptors (Lipinski definition) is 3.